The predicted molar refractivity (Wildman–Crippen MR) is 80.0 cm³/mol. The minimum absolute atomic E-state index is 0.00883. The van der Waals surface area contributed by atoms with Gasteiger partial charge in [-0.3, -0.25) is 10.2 Å². The molecule has 18 heavy (non-hydrogen) atoms. The van der Waals surface area contributed by atoms with E-state index >= 15 is 0 Å². The van der Waals surface area contributed by atoms with Crippen LogP contribution in [0.15, 0.2) is 33.8 Å². The van der Waals surface area contributed by atoms with Crippen LogP contribution in [0.5, 0.6) is 0 Å². The summed E-state index contributed by atoms with van der Waals surface area (Å²) in [5.74, 6) is 0.00883. The molecule has 1 aromatic carbocycles. The molecule has 1 aromatic rings. The number of rotatable bonds is 4. The Kier molecular flexibility index (Phi) is 5.08. The highest BCUT2D eigenvalue weighted by Crippen LogP contribution is 2.20. The van der Waals surface area contributed by atoms with Gasteiger partial charge in [0.25, 0.3) is 0 Å². The molecule has 1 rings (SSSR count). The molecule has 0 unspecified atom stereocenters. The minimum atomic E-state index is 0.00883. The lowest BCUT2D eigenvalue weighted by atomic mass is 9.88. The number of carbonyl (C=O) groups is 1. The van der Waals surface area contributed by atoms with E-state index in [1.165, 1.54) is 0 Å². The van der Waals surface area contributed by atoms with Crippen LogP contribution >= 0.6 is 15.9 Å². The summed E-state index contributed by atoms with van der Waals surface area (Å²) in [6, 6.07) is 7.66. The van der Waals surface area contributed by atoms with Gasteiger partial charge in [0, 0.05) is 11.4 Å². The summed E-state index contributed by atoms with van der Waals surface area (Å²) < 4.78 is 1.01. The van der Waals surface area contributed by atoms with Gasteiger partial charge in [-0.2, -0.15) is 5.10 Å². The number of hydrazone groups is 1. The van der Waals surface area contributed by atoms with E-state index in [1.807, 2.05) is 24.3 Å². The Balaban J connectivity index is 2.78. The fourth-order valence-electron chi connectivity index (χ4n) is 1.40. The van der Waals surface area contributed by atoms with Crippen LogP contribution in [0.3, 0.4) is 0 Å². The van der Waals surface area contributed by atoms with E-state index in [9.17, 15) is 4.79 Å². The van der Waals surface area contributed by atoms with Gasteiger partial charge in [0.2, 0.25) is 0 Å². The predicted octanol–water partition coefficient (Wildman–Crippen LogP) is 4.24. The summed E-state index contributed by atoms with van der Waals surface area (Å²) in [5, 5.41) is 4.21. The number of benzene rings is 1. The zero-order chi connectivity index (χ0) is 13.8. The minimum Gasteiger partial charge on any atom is -0.293 e. The molecule has 1 N–H and O–H groups in total. The Bertz CT molecular complexity index is 444. The number of carbonyl (C=O) groups excluding carboxylic acids is 1. The number of nitrogens with zero attached hydrogens (tertiary/aromatic N) is 1. The molecule has 0 aliphatic heterocycles. The van der Waals surface area contributed by atoms with E-state index in [1.54, 1.807) is 6.92 Å². The first-order valence-corrected chi connectivity index (χ1v) is 6.66. The zero-order valence-corrected chi connectivity index (χ0v) is 12.8. The molecule has 0 aliphatic carbocycles. The molecule has 0 radical (unpaired) electrons. The van der Waals surface area contributed by atoms with E-state index in [0.717, 1.165) is 10.2 Å². The number of anilines is 1. The first-order valence-electron chi connectivity index (χ1n) is 5.87. The first kappa shape index (κ1) is 14.9. The third-order valence-electron chi connectivity index (χ3n) is 2.27. The average Bonchev–Trinajstić information content (AvgIpc) is 2.24. The van der Waals surface area contributed by atoms with Crippen LogP contribution in [0.4, 0.5) is 5.69 Å². The molecule has 4 heteroatoms. The van der Waals surface area contributed by atoms with E-state index < -0.39 is 0 Å². The standard InChI is InChI=1S/C14H19BrN2O/c1-10(18)13(9-14(2,3)4)17-16-12-7-5-11(15)6-8-12/h5-8,16H,9H2,1-4H3/b17-13+. The second-order valence-electron chi connectivity index (χ2n) is 5.47. The van der Waals surface area contributed by atoms with Crippen LogP contribution < -0.4 is 5.43 Å². The van der Waals surface area contributed by atoms with Crippen LogP contribution in [0, 0.1) is 5.41 Å². The number of ketones is 1. The Morgan fingerprint density at radius 3 is 2.28 bits per heavy atom. The van der Waals surface area contributed by atoms with Crippen LogP contribution in [0.2, 0.25) is 0 Å². The van der Waals surface area contributed by atoms with Crippen molar-refractivity contribution in [1.82, 2.24) is 0 Å². The van der Waals surface area contributed by atoms with Crippen LogP contribution in [0.25, 0.3) is 0 Å². The van der Waals surface area contributed by atoms with Crippen LogP contribution in [-0.2, 0) is 4.79 Å². The second-order valence-corrected chi connectivity index (χ2v) is 6.39. The molecular formula is C14H19BrN2O. The smallest absolute Gasteiger partial charge is 0.175 e. The fraction of sp³-hybridized carbons (Fsp3) is 0.429. The van der Waals surface area contributed by atoms with Gasteiger partial charge in [-0.1, -0.05) is 36.7 Å². The molecule has 0 aliphatic rings. The molecule has 0 saturated heterocycles. The maximum atomic E-state index is 11.5. The van der Waals surface area contributed by atoms with Crippen LogP contribution in [0.1, 0.15) is 34.1 Å². The van der Waals surface area contributed by atoms with Crippen molar-refractivity contribution in [3.8, 4) is 0 Å². The highest BCUT2D eigenvalue weighted by Gasteiger charge is 2.17. The SMILES string of the molecule is CC(=O)/C(CC(C)(C)C)=N/Nc1ccc(Br)cc1. The van der Waals surface area contributed by atoms with Gasteiger partial charge in [0.1, 0.15) is 5.71 Å². The van der Waals surface area contributed by atoms with Crippen molar-refractivity contribution in [2.75, 3.05) is 5.43 Å². The summed E-state index contributed by atoms with van der Waals surface area (Å²) in [6.45, 7) is 7.81. The topological polar surface area (TPSA) is 41.5 Å². The summed E-state index contributed by atoms with van der Waals surface area (Å²) in [6.07, 6.45) is 0.659. The number of halogens is 1. The van der Waals surface area contributed by atoms with E-state index in [-0.39, 0.29) is 11.2 Å². The van der Waals surface area contributed by atoms with Gasteiger partial charge >= 0.3 is 0 Å². The quantitative estimate of drug-likeness (QED) is 0.667. The lowest BCUT2D eigenvalue weighted by Crippen LogP contribution is -2.20. The third kappa shape index (κ3) is 5.45. The van der Waals surface area contributed by atoms with Crippen molar-refractivity contribution in [3.05, 3.63) is 28.7 Å². The van der Waals surface area contributed by atoms with Gasteiger partial charge in [-0.25, -0.2) is 0 Å². The fourth-order valence-corrected chi connectivity index (χ4v) is 1.67. The van der Waals surface area contributed by atoms with E-state index in [0.29, 0.717) is 12.1 Å². The molecule has 0 bridgehead atoms. The molecular weight excluding hydrogens is 292 g/mol. The van der Waals surface area contributed by atoms with Crippen molar-refractivity contribution >= 4 is 33.1 Å². The maximum absolute atomic E-state index is 11.5. The Hall–Kier alpha value is -1.16. The summed E-state index contributed by atoms with van der Waals surface area (Å²) >= 11 is 3.37. The van der Waals surface area contributed by atoms with Gasteiger partial charge in [0.15, 0.2) is 5.78 Å². The molecule has 0 atom stereocenters. The number of hydrogen-bond donors (Lipinski definition) is 1. The molecule has 0 fully saturated rings. The largest absolute Gasteiger partial charge is 0.293 e. The van der Waals surface area contributed by atoms with Crippen LogP contribution in [-0.4, -0.2) is 11.5 Å². The van der Waals surface area contributed by atoms with Crippen molar-refractivity contribution < 1.29 is 4.79 Å². The lowest BCUT2D eigenvalue weighted by molar-refractivity contribution is -0.111. The summed E-state index contributed by atoms with van der Waals surface area (Å²) in [5.41, 5.74) is 4.41. The third-order valence-corrected chi connectivity index (χ3v) is 2.80. The van der Waals surface area contributed by atoms with Gasteiger partial charge in [-0.05, 0) is 36.1 Å². The molecule has 98 valence electrons. The van der Waals surface area contributed by atoms with Crippen molar-refractivity contribution in [3.63, 3.8) is 0 Å². The van der Waals surface area contributed by atoms with E-state index in [2.05, 4.69) is 47.2 Å². The number of nitrogens with one attached hydrogen (secondary N) is 1. The summed E-state index contributed by atoms with van der Waals surface area (Å²) in [4.78, 5) is 11.5. The number of hydrogen-bond acceptors (Lipinski definition) is 3. The van der Waals surface area contributed by atoms with Gasteiger partial charge in [0.05, 0.1) is 5.69 Å². The highest BCUT2D eigenvalue weighted by molar-refractivity contribution is 9.10. The second kappa shape index (κ2) is 6.14. The van der Waals surface area contributed by atoms with E-state index in [4.69, 9.17) is 0 Å². The maximum Gasteiger partial charge on any atom is 0.175 e. The highest BCUT2D eigenvalue weighted by atomic mass is 79.9. The normalized spacial score (nSPS) is 12.4. The molecule has 0 amide bonds. The lowest BCUT2D eigenvalue weighted by Gasteiger charge is -2.18. The monoisotopic (exact) mass is 310 g/mol. The molecule has 0 saturated carbocycles. The Labute approximate surface area is 117 Å². The molecule has 3 nitrogen and oxygen atoms in total. The zero-order valence-electron chi connectivity index (χ0n) is 11.2. The Morgan fingerprint density at radius 1 is 1.28 bits per heavy atom. The van der Waals surface area contributed by atoms with Crippen molar-refractivity contribution in [2.24, 2.45) is 10.5 Å². The summed E-state index contributed by atoms with van der Waals surface area (Å²) in [7, 11) is 0. The Morgan fingerprint density at radius 2 is 1.83 bits per heavy atom. The first-order chi connectivity index (χ1) is 8.28. The van der Waals surface area contributed by atoms with Crippen molar-refractivity contribution in [1.29, 1.82) is 0 Å². The molecule has 0 aromatic heterocycles. The average molecular weight is 311 g/mol. The molecule has 0 spiro atoms. The molecule has 0 heterocycles. The van der Waals surface area contributed by atoms with Gasteiger partial charge < -0.3 is 0 Å². The van der Waals surface area contributed by atoms with Gasteiger partial charge in [-0.15, -0.1) is 0 Å². The number of Topliss-reactive ketones (excluding diaryl/α,β-unsaturated/α-hetero) is 1. The van der Waals surface area contributed by atoms with Crippen molar-refractivity contribution in [2.45, 2.75) is 34.1 Å².